The third kappa shape index (κ3) is 3.13. The summed E-state index contributed by atoms with van der Waals surface area (Å²) in [4.78, 5) is 38.2. The summed E-state index contributed by atoms with van der Waals surface area (Å²) < 4.78 is 5.16. The van der Waals surface area contributed by atoms with Crippen molar-refractivity contribution in [1.82, 2.24) is 4.90 Å². The highest BCUT2D eigenvalue weighted by Gasteiger charge is 2.23. The first-order chi connectivity index (χ1) is 10.0. The minimum Gasteiger partial charge on any atom is -0.378 e. The van der Waals surface area contributed by atoms with Crippen LogP contribution in [0.15, 0.2) is 17.1 Å². The van der Waals surface area contributed by atoms with Crippen LogP contribution in [0, 0.1) is 17.0 Å². The van der Waals surface area contributed by atoms with Crippen molar-refractivity contribution in [2.45, 2.75) is 6.92 Å². The summed E-state index contributed by atoms with van der Waals surface area (Å²) in [5.41, 5.74) is 0.184. The third-order valence-corrected chi connectivity index (χ3v) is 3.26. The standard InChI is InChI=1S/C13H13N3O5/c1-9-11(14-8-17)6-10(7-12(9)16(19)20)13(18)15-2-4-21-5-3-15/h6-7H,2-5H2,1H3. The Morgan fingerprint density at radius 2 is 2.10 bits per heavy atom. The zero-order valence-corrected chi connectivity index (χ0v) is 11.4. The van der Waals surface area contributed by atoms with Gasteiger partial charge in [0, 0.05) is 24.7 Å². The number of isocyanates is 1. The number of hydrogen-bond acceptors (Lipinski definition) is 6. The lowest BCUT2D eigenvalue weighted by molar-refractivity contribution is -0.385. The molecule has 8 heteroatoms. The highest BCUT2D eigenvalue weighted by molar-refractivity contribution is 5.96. The molecule has 0 aromatic heterocycles. The number of rotatable bonds is 3. The van der Waals surface area contributed by atoms with Crippen LogP contribution in [-0.4, -0.2) is 48.1 Å². The van der Waals surface area contributed by atoms with Crippen molar-refractivity contribution in [3.05, 3.63) is 33.4 Å². The van der Waals surface area contributed by atoms with Crippen molar-refractivity contribution < 1.29 is 19.2 Å². The van der Waals surface area contributed by atoms with Crippen molar-refractivity contribution in [3.8, 4) is 0 Å². The van der Waals surface area contributed by atoms with Gasteiger partial charge in [-0.1, -0.05) is 0 Å². The molecule has 21 heavy (non-hydrogen) atoms. The maximum Gasteiger partial charge on any atom is 0.275 e. The number of nitro benzene ring substituents is 1. The summed E-state index contributed by atoms with van der Waals surface area (Å²) in [7, 11) is 0. The number of nitrogens with zero attached hydrogens (tertiary/aromatic N) is 3. The van der Waals surface area contributed by atoms with E-state index in [4.69, 9.17) is 4.74 Å². The van der Waals surface area contributed by atoms with Gasteiger partial charge in [0.1, 0.15) is 0 Å². The van der Waals surface area contributed by atoms with E-state index >= 15 is 0 Å². The Morgan fingerprint density at radius 1 is 1.43 bits per heavy atom. The molecule has 0 atom stereocenters. The van der Waals surface area contributed by atoms with E-state index in [0.29, 0.717) is 26.3 Å². The highest BCUT2D eigenvalue weighted by atomic mass is 16.6. The molecule has 0 saturated carbocycles. The van der Waals surface area contributed by atoms with Gasteiger partial charge in [0.2, 0.25) is 6.08 Å². The summed E-state index contributed by atoms with van der Waals surface area (Å²) in [6.07, 6.45) is 1.34. The number of aliphatic imine (C=N–C) groups is 1. The van der Waals surface area contributed by atoms with Crippen molar-refractivity contribution in [2.75, 3.05) is 26.3 Å². The van der Waals surface area contributed by atoms with Crippen molar-refractivity contribution in [1.29, 1.82) is 0 Å². The fraction of sp³-hybridized carbons (Fsp3) is 0.385. The zero-order valence-electron chi connectivity index (χ0n) is 11.4. The van der Waals surface area contributed by atoms with E-state index in [-0.39, 0.29) is 28.4 Å². The largest absolute Gasteiger partial charge is 0.378 e. The Balaban J connectivity index is 2.45. The maximum absolute atomic E-state index is 12.3. The molecule has 1 aromatic carbocycles. The predicted octanol–water partition coefficient (Wildman–Crippen LogP) is 1.34. The van der Waals surface area contributed by atoms with E-state index in [0.717, 1.165) is 0 Å². The third-order valence-electron chi connectivity index (χ3n) is 3.26. The topological polar surface area (TPSA) is 102 Å². The van der Waals surface area contributed by atoms with E-state index in [1.807, 2.05) is 0 Å². The van der Waals surface area contributed by atoms with Gasteiger partial charge in [-0.25, -0.2) is 4.79 Å². The summed E-state index contributed by atoms with van der Waals surface area (Å²) in [6, 6.07) is 2.57. The minimum atomic E-state index is -0.602. The van der Waals surface area contributed by atoms with Gasteiger partial charge < -0.3 is 9.64 Å². The van der Waals surface area contributed by atoms with Gasteiger partial charge in [0.15, 0.2) is 0 Å². The maximum atomic E-state index is 12.3. The van der Waals surface area contributed by atoms with Crippen LogP contribution in [0.4, 0.5) is 11.4 Å². The fourth-order valence-electron chi connectivity index (χ4n) is 2.11. The van der Waals surface area contributed by atoms with Gasteiger partial charge in [-0.15, -0.1) is 0 Å². The molecule has 1 aliphatic rings. The van der Waals surface area contributed by atoms with Crippen LogP contribution in [-0.2, 0) is 9.53 Å². The van der Waals surface area contributed by atoms with Gasteiger partial charge >= 0.3 is 0 Å². The first-order valence-electron chi connectivity index (χ1n) is 6.28. The lowest BCUT2D eigenvalue weighted by Crippen LogP contribution is -2.40. The number of benzene rings is 1. The molecule has 0 radical (unpaired) electrons. The second kappa shape index (κ2) is 6.25. The molecule has 0 unspecified atom stereocenters. The Bertz CT molecular complexity index is 608. The van der Waals surface area contributed by atoms with Crippen LogP contribution in [0.3, 0.4) is 0 Å². The SMILES string of the molecule is Cc1c(N=C=O)cc(C(=O)N2CCOCC2)cc1[N+](=O)[O-]. The molecule has 1 aliphatic heterocycles. The molecular weight excluding hydrogens is 278 g/mol. The van der Waals surface area contributed by atoms with Gasteiger partial charge in [0.05, 0.1) is 29.4 Å². The predicted molar refractivity (Wildman–Crippen MR) is 72.3 cm³/mol. The van der Waals surface area contributed by atoms with Gasteiger partial charge in [-0.2, -0.15) is 4.99 Å². The zero-order chi connectivity index (χ0) is 15.4. The number of ether oxygens (including phenoxy) is 1. The van der Waals surface area contributed by atoms with Crippen molar-refractivity contribution >= 4 is 23.4 Å². The first-order valence-corrected chi connectivity index (χ1v) is 6.28. The van der Waals surface area contributed by atoms with Crippen LogP contribution in [0.25, 0.3) is 0 Å². The number of carbonyl (C=O) groups excluding carboxylic acids is 2. The smallest absolute Gasteiger partial charge is 0.275 e. The molecule has 0 N–H and O–H groups in total. The monoisotopic (exact) mass is 291 g/mol. The fourth-order valence-corrected chi connectivity index (χ4v) is 2.11. The number of morpholine rings is 1. The summed E-state index contributed by atoms with van der Waals surface area (Å²) in [6.45, 7) is 3.18. The van der Waals surface area contributed by atoms with E-state index < -0.39 is 4.92 Å². The minimum absolute atomic E-state index is 0.0795. The molecule has 8 nitrogen and oxygen atoms in total. The second-order valence-corrected chi connectivity index (χ2v) is 4.50. The second-order valence-electron chi connectivity index (χ2n) is 4.50. The molecule has 0 aliphatic carbocycles. The molecule has 1 heterocycles. The van der Waals surface area contributed by atoms with Crippen molar-refractivity contribution in [3.63, 3.8) is 0 Å². The number of carbonyl (C=O) groups is 1. The Kier molecular flexibility index (Phi) is 4.42. The van der Waals surface area contributed by atoms with Crippen LogP contribution < -0.4 is 0 Å². The van der Waals surface area contributed by atoms with Crippen LogP contribution in [0.5, 0.6) is 0 Å². The molecule has 1 aromatic rings. The summed E-state index contributed by atoms with van der Waals surface area (Å²) in [5.74, 6) is -0.344. The molecule has 1 amide bonds. The highest BCUT2D eigenvalue weighted by Crippen LogP contribution is 2.30. The van der Waals surface area contributed by atoms with Crippen LogP contribution in [0.1, 0.15) is 15.9 Å². The molecule has 0 bridgehead atoms. The number of nitro groups is 1. The van der Waals surface area contributed by atoms with Crippen LogP contribution >= 0.6 is 0 Å². The number of amides is 1. The lowest BCUT2D eigenvalue weighted by atomic mass is 10.1. The number of hydrogen-bond donors (Lipinski definition) is 0. The summed E-state index contributed by atoms with van der Waals surface area (Å²) in [5, 5.41) is 11.0. The van der Waals surface area contributed by atoms with Crippen molar-refractivity contribution in [2.24, 2.45) is 4.99 Å². The Labute approximate surface area is 120 Å². The lowest BCUT2D eigenvalue weighted by Gasteiger charge is -2.26. The summed E-state index contributed by atoms with van der Waals surface area (Å²) >= 11 is 0. The van der Waals surface area contributed by atoms with Gasteiger partial charge in [-0.05, 0) is 13.0 Å². The molecular formula is C13H13N3O5. The average molecular weight is 291 g/mol. The van der Waals surface area contributed by atoms with Gasteiger partial charge in [-0.3, -0.25) is 14.9 Å². The normalized spacial score (nSPS) is 14.4. The molecule has 110 valence electrons. The molecule has 1 fully saturated rings. The first kappa shape index (κ1) is 14.8. The Hall–Kier alpha value is -2.57. The molecule has 2 rings (SSSR count). The van der Waals surface area contributed by atoms with E-state index in [1.165, 1.54) is 25.1 Å². The quantitative estimate of drug-likeness (QED) is 0.362. The van der Waals surface area contributed by atoms with E-state index in [9.17, 15) is 19.7 Å². The molecule has 1 saturated heterocycles. The van der Waals surface area contributed by atoms with Crippen LogP contribution in [0.2, 0.25) is 0 Å². The molecule has 0 spiro atoms. The van der Waals surface area contributed by atoms with Gasteiger partial charge in [0.25, 0.3) is 11.6 Å². The average Bonchev–Trinajstić information content (AvgIpc) is 2.49. The van der Waals surface area contributed by atoms with E-state index in [2.05, 4.69) is 4.99 Å². The van der Waals surface area contributed by atoms with E-state index in [1.54, 1.807) is 4.90 Å². The Morgan fingerprint density at radius 3 is 2.67 bits per heavy atom.